The lowest BCUT2D eigenvalue weighted by Gasteiger charge is -2.08. The fraction of sp³-hybridized carbons (Fsp3) is 0.0769. The molecule has 0 N–H and O–H groups in total. The first-order valence-electron chi connectivity index (χ1n) is 4.64. The standard InChI is InChI=1S/C13H9BrO2/c1-3-9-7-10(15-2)8-11(14)13(9)12-5-4-6-16-12/h1,4-8H,2H3. The summed E-state index contributed by atoms with van der Waals surface area (Å²) in [5, 5.41) is 0. The average molecular weight is 277 g/mol. The van der Waals surface area contributed by atoms with Gasteiger partial charge in [-0.25, -0.2) is 0 Å². The number of methoxy groups -OCH3 is 1. The van der Waals surface area contributed by atoms with E-state index in [1.165, 1.54) is 0 Å². The van der Waals surface area contributed by atoms with Crippen molar-refractivity contribution in [3.8, 4) is 29.4 Å². The molecule has 3 heteroatoms. The van der Waals surface area contributed by atoms with Crippen molar-refractivity contribution in [2.24, 2.45) is 0 Å². The van der Waals surface area contributed by atoms with Crippen molar-refractivity contribution in [3.63, 3.8) is 0 Å². The van der Waals surface area contributed by atoms with Crippen LogP contribution in [-0.4, -0.2) is 7.11 Å². The van der Waals surface area contributed by atoms with Gasteiger partial charge < -0.3 is 9.15 Å². The Kier molecular flexibility index (Phi) is 3.02. The maximum atomic E-state index is 5.48. The second-order valence-electron chi connectivity index (χ2n) is 3.15. The van der Waals surface area contributed by atoms with Crippen LogP contribution in [0.15, 0.2) is 39.4 Å². The third-order valence-corrected chi connectivity index (χ3v) is 2.85. The molecule has 0 saturated heterocycles. The van der Waals surface area contributed by atoms with Crippen molar-refractivity contribution in [3.05, 3.63) is 40.6 Å². The molecule has 0 amide bonds. The number of terminal acetylenes is 1. The zero-order valence-electron chi connectivity index (χ0n) is 8.66. The fourth-order valence-electron chi connectivity index (χ4n) is 1.48. The fourth-order valence-corrected chi connectivity index (χ4v) is 2.12. The molecule has 0 aliphatic rings. The molecule has 2 rings (SSSR count). The first-order valence-corrected chi connectivity index (χ1v) is 5.43. The molecule has 0 aliphatic carbocycles. The topological polar surface area (TPSA) is 22.4 Å². The number of hydrogen-bond acceptors (Lipinski definition) is 2. The summed E-state index contributed by atoms with van der Waals surface area (Å²) in [4.78, 5) is 0. The SMILES string of the molecule is C#Cc1cc(OC)cc(Br)c1-c1ccco1. The van der Waals surface area contributed by atoms with Crippen molar-refractivity contribution in [2.75, 3.05) is 7.11 Å². The molecule has 1 aromatic carbocycles. The van der Waals surface area contributed by atoms with Gasteiger partial charge in [-0.3, -0.25) is 0 Å². The average Bonchev–Trinajstić information content (AvgIpc) is 2.81. The normalized spacial score (nSPS) is 9.81. The Labute approximate surface area is 102 Å². The Hall–Kier alpha value is -1.66. The highest BCUT2D eigenvalue weighted by molar-refractivity contribution is 9.10. The highest BCUT2D eigenvalue weighted by atomic mass is 79.9. The predicted molar refractivity (Wildman–Crippen MR) is 66.3 cm³/mol. The summed E-state index contributed by atoms with van der Waals surface area (Å²) in [5.74, 6) is 4.09. The van der Waals surface area contributed by atoms with Crippen LogP contribution in [0.2, 0.25) is 0 Å². The van der Waals surface area contributed by atoms with Gasteiger partial charge in [0, 0.05) is 15.6 Å². The maximum Gasteiger partial charge on any atom is 0.136 e. The van der Waals surface area contributed by atoms with Crippen LogP contribution < -0.4 is 4.74 Å². The van der Waals surface area contributed by atoms with Gasteiger partial charge in [0.25, 0.3) is 0 Å². The molecule has 1 aromatic heterocycles. The molecule has 0 radical (unpaired) electrons. The summed E-state index contributed by atoms with van der Waals surface area (Å²) in [5.41, 5.74) is 1.61. The molecule has 0 spiro atoms. The molecular formula is C13H9BrO2. The van der Waals surface area contributed by atoms with E-state index in [0.717, 1.165) is 27.1 Å². The van der Waals surface area contributed by atoms with E-state index in [0.29, 0.717) is 0 Å². The van der Waals surface area contributed by atoms with Gasteiger partial charge in [-0.2, -0.15) is 0 Å². The quantitative estimate of drug-likeness (QED) is 0.781. The summed E-state index contributed by atoms with van der Waals surface area (Å²) in [7, 11) is 1.61. The number of rotatable bonds is 2. The summed E-state index contributed by atoms with van der Waals surface area (Å²) in [6.45, 7) is 0. The molecule has 2 nitrogen and oxygen atoms in total. The van der Waals surface area contributed by atoms with Gasteiger partial charge in [0.1, 0.15) is 11.5 Å². The van der Waals surface area contributed by atoms with Gasteiger partial charge in [0.2, 0.25) is 0 Å². The monoisotopic (exact) mass is 276 g/mol. The number of hydrogen-bond donors (Lipinski definition) is 0. The number of benzene rings is 1. The molecule has 0 unspecified atom stereocenters. The lowest BCUT2D eigenvalue weighted by molar-refractivity contribution is 0.414. The molecule has 80 valence electrons. The third-order valence-electron chi connectivity index (χ3n) is 2.22. The molecule has 0 saturated carbocycles. The van der Waals surface area contributed by atoms with Crippen LogP contribution in [0.25, 0.3) is 11.3 Å². The second-order valence-corrected chi connectivity index (χ2v) is 4.01. The van der Waals surface area contributed by atoms with Crippen LogP contribution in [0, 0.1) is 12.3 Å². The van der Waals surface area contributed by atoms with Crippen LogP contribution in [0.5, 0.6) is 5.75 Å². The molecule has 16 heavy (non-hydrogen) atoms. The van der Waals surface area contributed by atoms with E-state index in [4.69, 9.17) is 15.6 Å². The zero-order valence-corrected chi connectivity index (χ0v) is 10.2. The lowest BCUT2D eigenvalue weighted by Crippen LogP contribution is -1.89. The van der Waals surface area contributed by atoms with Gasteiger partial charge in [0.05, 0.1) is 13.4 Å². The highest BCUT2D eigenvalue weighted by Crippen LogP contribution is 2.35. The zero-order chi connectivity index (χ0) is 11.5. The Morgan fingerprint density at radius 1 is 1.44 bits per heavy atom. The number of ether oxygens (including phenoxy) is 1. The minimum atomic E-state index is 0.718. The van der Waals surface area contributed by atoms with Gasteiger partial charge in [0.15, 0.2) is 0 Å². The first-order chi connectivity index (χ1) is 7.76. The van der Waals surface area contributed by atoms with E-state index in [2.05, 4.69) is 21.9 Å². The van der Waals surface area contributed by atoms with E-state index in [-0.39, 0.29) is 0 Å². The molecule has 2 aromatic rings. The van der Waals surface area contributed by atoms with Gasteiger partial charge >= 0.3 is 0 Å². The minimum Gasteiger partial charge on any atom is -0.497 e. The second kappa shape index (κ2) is 4.46. The van der Waals surface area contributed by atoms with Crippen molar-refractivity contribution in [2.45, 2.75) is 0 Å². The summed E-state index contributed by atoms with van der Waals surface area (Å²) in [6.07, 6.45) is 7.10. The van der Waals surface area contributed by atoms with E-state index in [1.807, 2.05) is 24.3 Å². The van der Waals surface area contributed by atoms with Crippen molar-refractivity contribution in [1.29, 1.82) is 0 Å². The minimum absolute atomic E-state index is 0.718. The Bertz CT molecular complexity index is 536. The highest BCUT2D eigenvalue weighted by Gasteiger charge is 2.12. The van der Waals surface area contributed by atoms with Gasteiger partial charge in [-0.05, 0) is 40.2 Å². The molecule has 1 heterocycles. The first kappa shape index (κ1) is 10.8. The largest absolute Gasteiger partial charge is 0.497 e. The van der Waals surface area contributed by atoms with Crippen molar-refractivity contribution < 1.29 is 9.15 Å². The van der Waals surface area contributed by atoms with Crippen LogP contribution in [-0.2, 0) is 0 Å². The Morgan fingerprint density at radius 2 is 2.25 bits per heavy atom. The van der Waals surface area contributed by atoms with E-state index >= 15 is 0 Å². The van der Waals surface area contributed by atoms with Crippen molar-refractivity contribution in [1.82, 2.24) is 0 Å². The Morgan fingerprint density at radius 3 is 2.81 bits per heavy atom. The maximum absolute atomic E-state index is 5.48. The predicted octanol–water partition coefficient (Wildman–Crippen LogP) is 3.70. The van der Waals surface area contributed by atoms with Crippen LogP contribution >= 0.6 is 15.9 Å². The van der Waals surface area contributed by atoms with Gasteiger partial charge in [-0.15, -0.1) is 6.42 Å². The van der Waals surface area contributed by atoms with Crippen molar-refractivity contribution >= 4 is 15.9 Å². The smallest absolute Gasteiger partial charge is 0.136 e. The van der Waals surface area contributed by atoms with Crippen LogP contribution in [0.4, 0.5) is 0 Å². The molecule has 0 bridgehead atoms. The molecular weight excluding hydrogens is 268 g/mol. The Balaban J connectivity index is 2.66. The lowest BCUT2D eigenvalue weighted by atomic mass is 10.1. The van der Waals surface area contributed by atoms with Crippen LogP contribution in [0.1, 0.15) is 5.56 Å². The summed E-state index contributed by atoms with van der Waals surface area (Å²) < 4.78 is 11.4. The van der Waals surface area contributed by atoms with Crippen LogP contribution in [0.3, 0.4) is 0 Å². The summed E-state index contributed by atoms with van der Waals surface area (Å²) in [6, 6.07) is 7.36. The molecule has 0 fully saturated rings. The number of halogens is 1. The number of furan rings is 1. The van der Waals surface area contributed by atoms with E-state index in [9.17, 15) is 0 Å². The molecule has 0 atom stereocenters. The van der Waals surface area contributed by atoms with Gasteiger partial charge in [-0.1, -0.05) is 5.92 Å². The van der Waals surface area contributed by atoms with E-state index < -0.39 is 0 Å². The molecule has 0 aliphatic heterocycles. The summed E-state index contributed by atoms with van der Waals surface area (Å²) >= 11 is 3.47. The third kappa shape index (κ3) is 1.84. The van der Waals surface area contributed by atoms with E-state index in [1.54, 1.807) is 13.4 Å².